The largest absolute Gasteiger partial charge is 0.484 e. The van der Waals surface area contributed by atoms with Gasteiger partial charge in [0.2, 0.25) is 12.6 Å². The zero-order valence-corrected chi connectivity index (χ0v) is 26.3. The predicted molar refractivity (Wildman–Crippen MR) is 161 cm³/mol. The number of carbonyl (C=O) groups excluding carboxylic acids is 1. The maximum absolute atomic E-state index is 13.0. The Bertz CT molecular complexity index is 1470. The van der Waals surface area contributed by atoms with Crippen molar-refractivity contribution in [2.75, 3.05) is 26.4 Å². The molecule has 6 rings (SSSR count). The van der Waals surface area contributed by atoms with Gasteiger partial charge in [0.25, 0.3) is 0 Å². The Kier molecular flexibility index (Phi) is 10.9. The third-order valence-corrected chi connectivity index (χ3v) is 9.19. The molecule has 0 unspecified atom stereocenters. The van der Waals surface area contributed by atoms with E-state index in [1.807, 2.05) is 0 Å². The standard InChI is InChI=1S/C32H40O18/c33-9-20-22(37)24(39)26(41)29(48-20)46-15-5-6-16-17(36)8-18(47-19(16)7-15)13-1-3-14(4-2-13)45-30-27(25(40)23(38)21(10-34)49-30)50-31-28(42)32(43,11-35)12-44-31/h1-7,18,20-31,33-35,37-43H,8-12H2/t18-,20+,21+,22+,23+,24-,25-,26+,27+,28-,29+,30+,31-,32+/m0/s1. The molecule has 50 heavy (non-hydrogen) atoms. The summed E-state index contributed by atoms with van der Waals surface area (Å²) >= 11 is 0. The van der Waals surface area contributed by atoms with Gasteiger partial charge in [-0.2, -0.15) is 0 Å². The molecule has 18 heteroatoms. The number of aliphatic hydroxyl groups excluding tert-OH is 9. The summed E-state index contributed by atoms with van der Waals surface area (Å²) in [7, 11) is 0. The van der Waals surface area contributed by atoms with Crippen LogP contribution < -0.4 is 14.2 Å². The number of aliphatic hydroxyl groups is 10. The van der Waals surface area contributed by atoms with Crippen molar-refractivity contribution >= 4 is 5.78 Å². The summed E-state index contributed by atoms with van der Waals surface area (Å²) in [5.41, 5.74) is -1.19. The molecule has 18 nitrogen and oxygen atoms in total. The Morgan fingerprint density at radius 1 is 0.740 bits per heavy atom. The van der Waals surface area contributed by atoms with Gasteiger partial charge in [0.05, 0.1) is 38.4 Å². The van der Waals surface area contributed by atoms with Crippen molar-refractivity contribution in [3.05, 3.63) is 53.6 Å². The molecule has 3 fully saturated rings. The van der Waals surface area contributed by atoms with Crippen LogP contribution in [0.5, 0.6) is 17.2 Å². The minimum absolute atomic E-state index is 0.0199. The fourth-order valence-corrected chi connectivity index (χ4v) is 6.12. The molecular weight excluding hydrogens is 672 g/mol. The monoisotopic (exact) mass is 712 g/mol. The SMILES string of the molecule is O=C1C[C@@H](c2ccc(O[C@@H]3O[C@H](CO)[C@@H](O)[C@H](O)[C@H]3O[C@@H]3OC[C@](O)(CO)[C@H]3O)cc2)Oc2cc(O[C@@H]3O[C@H](CO)[C@@H](O)[C@H](O)[C@H]3O)ccc21. The molecule has 0 saturated carbocycles. The van der Waals surface area contributed by atoms with E-state index in [-0.39, 0.29) is 35.0 Å². The van der Waals surface area contributed by atoms with Gasteiger partial charge >= 0.3 is 0 Å². The van der Waals surface area contributed by atoms with Crippen LogP contribution in [0.15, 0.2) is 42.5 Å². The average molecular weight is 713 g/mol. The lowest BCUT2D eigenvalue weighted by Gasteiger charge is -2.42. The zero-order valence-electron chi connectivity index (χ0n) is 26.3. The topological polar surface area (TPSA) is 284 Å². The van der Waals surface area contributed by atoms with E-state index in [1.54, 1.807) is 12.1 Å². The number of Topliss-reactive ketones (excluding diaryl/α,β-unsaturated/α-hetero) is 1. The summed E-state index contributed by atoms with van der Waals surface area (Å²) < 4.78 is 39.7. The Hall–Kier alpha value is -3.05. The normalized spacial score (nSPS) is 40.2. The fourth-order valence-electron chi connectivity index (χ4n) is 6.12. The zero-order chi connectivity index (χ0) is 35.9. The van der Waals surface area contributed by atoms with Crippen molar-refractivity contribution in [3.8, 4) is 17.2 Å². The van der Waals surface area contributed by atoms with Gasteiger partial charge in [-0.1, -0.05) is 12.1 Å². The van der Waals surface area contributed by atoms with Crippen LogP contribution in [0.25, 0.3) is 0 Å². The molecule has 4 aliphatic rings. The molecule has 14 atom stereocenters. The minimum atomic E-state index is -2.02. The third-order valence-electron chi connectivity index (χ3n) is 9.19. The molecule has 4 heterocycles. The van der Waals surface area contributed by atoms with E-state index in [0.717, 1.165) is 0 Å². The summed E-state index contributed by atoms with van der Waals surface area (Å²) in [4.78, 5) is 13.0. The van der Waals surface area contributed by atoms with E-state index in [9.17, 15) is 55.9 Å². The van der Waals surface area contributed by atoms with Crippen LogP contribution in [0.1, 0.15) is 28.4 Å². The van der Waals surface area contributed by atoms with E-state index in [0.29, 0.717) is 5.56 Å². The highest BCUT2D eigenvalue weighted by molar-refractivity contribution is 6.00. The number of carbonyl (C=O) groups is 1. The van der Waals surface area contributed by atoms with Crippen molar-refractivity contribution < 1.29 is 89.0 Å². The second-order valence-electron chi connectivity index (χ2n) is 12.6. The Labute approximate surface area is 284 Å². The maximum atomic E-state index is 13.0. The number of hydrogen-bond acceptors (Lipinski definition) is 18. The molecule has 4 aliphatic heterocycles. The molecule has 0 aromatic heterocycles. The molecule has 3 saturated heterocycles. The van der Waals surface area contributed by atoms with E-state index in [4.69, 9.17) is 33.2 Å². The lowest BCUT2D eigenvalue weighted by molar-refractivity contribution is -0.318. The number of ether oxygens (including phenoxy) is 7. The van der Waals surface area contributed by atoms with Gasteiger partial charge in [-0.05, 0) is 29.8 Å². The van der Waals surface area contributed by atoms with Gasteiger partial charge in [-0.15, -0.1) is 0 Å². The average Bonchev–Trinajstić information content (AvgIpc) is 3.40. The van der Waals surface area contributed by atoms with Crippen molar-refractivity contribution in [2.24, 2.45) is 0 Å². The minimum Gasteiger partial charge on any atom is -0.484 e. The first-order valence-corrected chi connectivity index (χ1v) is 15.9. The Morgan fingerprint density at radius 2 is 1.36 bits per heavy atom. The fraction of sp³-hybridized carbons (Fsp3) is 0.594. The highest BCUT2D eigenvalue weighted by atomic mass is 16.8. The van der Waals surface area contributed by atoms with Gasteiger partial charge in [-0.3, -0.25) is 4.79 Å². The van der Waals surface area contributed by atoms with Crippen LogP contribution in [0, 0.1) is 0 Å². The van der Waals surface area contributed by atoms with Crippen LogP contribution in [0.2, 0.25) is 0 Å². The highest BCUT2D eigenvalue weighted by Gasteiger charge is 2.53. The van der Waals surface area contributed by atoms with Gasteiger partial charge in [0.1, 0.15) is 77.8 Å². The van der Waals surface area contributed by atoms with Crippen LogP contribution in [0.3, 0.4) is 0 Å². The van der Waals surface area contributed by atoms with Crippen molar-refractivity contribution in [2.45, 2.75) is 91.9 Å². The molecule has 2 aromatic rings. The summed E-state index contributed by atoms with van der Waals surface area (Å²) in [5.74, 6) is 0.208. The molecule has 0 amide bonds. The molecule has 276 valence electrons. The summed E-state index contributed by atoms with van der Waals surface area (Å²) in [5, 5.41) is 101. The first kappa shape index (κ1) is 36.7. The smallest absolute Gasteiger partial charge is 0.229 e. The van der Waals surface area contributed by atoms with Crippen LogP contribution in [-0.2, 0) is 18.9 Å². The van der Waals surface area contributed by atoms with Gasteiger partial charge in [-0.25, -0.2) is 0 Å². The number of fused-ring (bicyclic) bond motifs is 1. The van der Waals surface area contributed by atoms with Crippen LogP contribution >= 0.6 is 0 Å². The Balaban J connectivity index is 1.14. The molecule has 2 aromatic carbocycles. The highest BCUT2D eigenvalue weighted by Crippen LogP contribution is 2.39. The summed E-state index contributed by atoms with van der Waals surface area (Å²) in [6.45, 7) is -2.63. The van der Waals surface area contributed by atoms with Gasteiger partial charge in [0, 0.05) is 6.07 Å². The third kappa shape index (κ3) is 7.05. The number of rotatable bonds is 10. The summed E-state index contributed by atoms with van der Waals surface area (Å²) in [6, 6.07) is 10.5. The lowest BCUT2D eigenvalue weighted by atomic mass is 9.96. The number of ketones is 1. The van der Waals surface area contributed by atoms with E-state index >= 15 is 0 Å². The van der Waals surface area contributed by atoms with Crippen molar-refractivity contribution in [1.29, 1.82) is 0 Å². The van der Waals surface area contributed by atoms with Gasteiger partial charge < -0.3 is 84.2 Å². The van der Waals surface area contributed by atoms with E-state index in [2.05, 4.69) is 0 Å². The predicted octanol–water partition coefficient (Wildman–Crippen LogP) is -3.78. The summed E-state index contributed by atoms with van der Waals surface area (Å²) in [6.07, 6.45) is -19.0. The molecule has 0 aliphatic carbocycles. The van der Waals surface area contributed by atoms with Crippen LogP contribution in [0.4, 0.5) is 0 Å². The van der Waals surface area contributed by atoms with Crippen LogP contribution in [-0.4, -0.2) is 163 Å². The first-order chi connectivity index (χ1) is 23.9. The molecule has 0 radical (unpaired) electrons. The maximum Gasteiger partial charge on any atom is 0.229 e. The van der Waals surface area contributed by atoms with Gasteiger partial charge in [0.15, 0.2) is 18.2 Å². The first-order valence-electron chi connectivity index (χ1n) is 15.9. The number of benzene rings is 2. The quantitative estimate of drug-likeness (QED) is 0.113. The molecule has 10 N–H and O–H groups in total. The molecule has 0 bridgehead atoms. The molecule has 0 spiro atoms. The van der Waals surface area contributed by atoms with Crippen molar-refractivity contribution in [1.82, 2.24) is 0 Å². The molecular formula is C32H40O18. The second-order valence-corrected chi connectivity index (χ2v) is 12.6. The van der Waals surface area contributed by atoms with E-state index < -0.39 is 112 Å². The Morgan fingerprint density at radius 3 is 2.00 bits per heavy atom. The van der Waals surface area contributed by atoms with Crippen molar-refractivity contribution in [3.63, 3.8) is 0 Å². The van der Waals surface area contributed by atoms with E-state index in [1.165, 1.54) is 30.3 Å². The number of hydrogen-bond donors (Lipinski definition) is 10. The lowest BCUT2D eigenvalue weighted by Crippen LogP contribution is -2.62. The second kappa shape index (κ2) is 14.9.